The van der Waals surface area contributed by atoms with Crippen molar-refractivity contribution in [2.75, 3.05) is 0 Å². The molecule has 0 saturated heterocycles. The molecule has 1 aromatic rings. The molecule has 1 unspecified atom stereocenters. The van der Waals surface area contributed by atoms with E-state index in [-0.39, 0.29) is 11.5 Å². The number of thioether (sulfide) groups is 1. The molecule has 1 rings (SSSR count). The number of aromatic amines is 1. The Kier molecular flexibility index (Phi) is 3.87. The van der Waals surface area contributed by atoms with E-state index in [1.165, 1.54) is 13.3 Å². The minimum Gasteiger partial charge on any atom is -0.480 e. The van der Waals surface area contributed by atoms with Crippen LogP contribution in [-0.4, -0.2) is 32.2 Å². The zero-order chi connectivity index (χ0) is 11.4. The van der Waals surface area contributed by atoms with Crippen molar-refractivity contribution < 1.29 is 14.7 Å². The highest BCUT2D eigenvalue weighted by atomic mass is 32.2. The first-order valence-electron chi connectivity index (χ1n) is 4.19. The predicted octanol–water partition coefficient (Wildman–Crippen LogP) is 0.00270. The number of carbonyl (C=O) groups excluding carboxylic acids is 1. The molecule has 82 valence electrons. The van der Waals surface area contributed by atoms with Crippen LogP contribution >= 0.6 is 11.8 Å². The van der Waals surface area contributed by atoms with Crippen molar-refractivity contribution >= 4 is 22.8 Å². The van der Waals surface area contributed by atoms with E-state index in [2.05, 4.69) is 9.97 Å². The fourth-order valence-corrected chi connectivity index (χ4v) is 1.64. The Hall–Kier alpha value is -1.34. The normalized spacial score (nSPS) is 12.4. The summed E-state index contributed by atoms with van der Waals surface area (Å²) in [6.07, 6.45) is 1.52. The fourth-order valence-electron chi connectivity index (χ4n) is 0.984. The molecule has 0 aliphatic heterocycles. The number of hydrogen-bond acceptors (Lipinski definition) is 5. The van der Waals surface area contributed by atoms with Crippen molar-refractivity contribution in [3.63, 3.8) is 0 Å². The number of nitrogens with zero attached hydrogens (tertiary/aromatic N) is 1. The molecule has 1 atom stereocenters. The number of carbonyl (C=O) groups is 2. The maximum absolute atomic E-state index is 10.9. The van der Waals surface area contributed by atoms with Gasteiger partial charge in [0, 0.05) is 13.3 Å². The van der Waals surface area contributed by atoms with Gasteiger partial charge in [0.2, 0.25) is 0 Å². The Morgan fingerprint density at radius 3 is 2.93 bits per heavy atom. The minimum atomic E-state index is -1.09. The van der Waals surface area contributed by atoms with Crippen LogP contribution in [0.25, 0.3) is 0 Å². The van der Waals surface area contributed by atoms with Gasteiger partial charge in [-0.2, -0.15) is 0 Å². The Morgan fingerprint density at radius 2 is 2.40 bits per heavy atom. The lowest BCUT2D eigenvalue weighted by molar-refractivity contribution is -0.138. The van der Waals surface area contributed by atoms with Crippen LogP contribution in [0.15, 0.2) is 11.4 Å². The monoisotopic (exact) mass is 229 g/mol. The number of nitrogens with two attached hydrogens (primary N) is 1. The molecule has 0 amide bonds. The molecule has 0 fully saturated rings. The molecule has 6 nitrogen and oxygen atoms in total. The van der Waals surface area contributed by atoms with Crippen LogP contribution < -0.4 is 5.73 Å². The highest BCUT2D eigenvalue weighted by Crippen LogP contribution is 2.20. The Labute approximate surface area is 90.3 Å². The van der Waals surface area contributed by atoms with Gasteiger partial charge >= 0.3 is 5.97 Å². The van der Waals surface area contributed by atoms with Gasteiger partial charge in [-0.25, -0.2) is 4.98 Å². The third-order valence-electron chi connectivity index (χ3n) is 1.65. The molecule has 0 radical (unpaired) electrons. The number of nitrogens with one attached hydrogen (secondary N) is 1. The topological polar surface area (TPSA) is 109 Å². The molecule has 1 aromatic heterocycles. The lowest BCUT2D eigenvalue weighted by Gasteiger charge is -2.04. The largest absolute Gasteiger partial charge is 0.480 e. The van der Waals surface area contributed by atoms with Gasteiger partial charge < -0.3 is 15.8 Å². The SMILES string of the molecule is CC(=O)Sc1[nH]cnc1CC(N)C(=O)O. The van der Waals surface area contributed by atoms with Crippen LogP contribution in [-0.2, 0) is 16.0 Å². The molecule has 0 aliphatic rings. The molecule has 0 bridgehead atoms. The first-order chi connectivity index (χ1) is 7.00. The Bertz CT molecular complexity index is 377. The van der Waals surface area contributed by atoms with E-state index in [1.54, 1.807) is 0 Å². The van der Waals surface area contributed by atoms with Gasteiger partial charge in [0.25, 0.3) is 0 Å². The van der Waals surface area contributed by atoms with Crippen LogP contribution in [0.2, 0.25) is 0 Å². The second kappa shape index (κ2) is 4.94. The van der Waals surface area contributed by atoms with Gasteiger partial charge in [0.15, 0.2) is 5.12 Å². The molecule has 1 heterocycles. The fraction of sp³-hybridized carbons (Fsp3) is 0.375. The zero-order valence-electron chi connectivity index (χ0n) is 8.06. The van der Waals surface area contributed by atoms with Crippen LogP contribution in [0.1, 0.15) is 12.6 Å². The van der Waals surface area contributed by atoms with E-state index in [9.17, 15) is 9.59 Å². The van der Waals surface area contributed by atoms with E-state index in [0.29, 0.717) is 10.7 Å². The van der Waals surface area contributed by atoms with Crippen molar-refractivity contribution in [2.24, 2.45) is 5.73 Å². The molecule has 4 N–H and O–H groups in total. The van der Waals surface area contributed by atoms with Crippen molar-refractivity contribution in [3.8, 4) is 0 Å². The molecule has 0 aliphatic carbocycles. The van der Waals surface area contributed by atoms with Crippen molar-refractivity contribution in [1.82, 2.24) is 9.97 Å². The predicted molar refractivity (Wildman–Crippen MR) is 54.4 cm³/mol. The summed E-state index contributed by atoms with van der Waals surface area (Å²) in [7, 11) is 0. The Balaban J connectivity index is 2.72. The lowest BCUT2D eigenvalue weighted by Crippen LogP contribution is -2.32. The van der Waals surface area contributed by atoms with Gasteiger partial charge in [0.05, 0.1) is 12.0 Å². The molecule has 0 saturated carbocycles. The highest BCUT2D eigenvalue weighted by Gasteiger charge is 2.17. The summed E-state index contributed by atoms with van der Waals surface area (Å²) in [5.74, 6) is -1.09. The molecule has 0 spiro atoms. The van der Waals surface area contributed by atoms with Crippen LogP contribution in [0.3, 0.4) is 0 Å². The second-order valence-corrected chi connectivity index (χ2v) is 4.11. The molecular weight excluding hydrogens is 218 g/mol. The number of aromatic nitrogens is 2. The number of carboxylic acids is 1. The highest BCUT2D eigenvalue weighted by molar-refractivity contribution is 8.13. The number of rotatable bonds is 4. The number of H-pyrrole nitrogens is 1. The van der Waals surface area contributed by atoms with Crippen LogP contribution in [0.4, 0.5) is 0 Å². The van der Waals surface area contributed by atoms with Crippen molar-refractivity contribution in [3.05, 3.63) is 12.0 Å². The summed E-state index contributed by atoms with van der Waals surface area (Å²) in [5.41, 5.74) is 5.86. The summed E-state index contributed by atoms with van der Waals surface area (Å²) in [6.45, 7) is 1.42. The number of aliphatic carboxylic acids is 1. The summed E-state index contributed by atoms with van der Waals surface area (Å²) in [5, 5.41) is 9.08. The lowest BCUT2D eigenvalue weighted by atomic mass is 10.2. The Morgan fingerprint density at radius 1 is 1.73 bits per heavy atom. The number of hydrogen-bond donors (Lipinski definition) is 3. The van der Waals surface area contributed by atoms with Gasteiger partial charge in [-0.05, 0) is 11.8 Å². The molecular formula is C8H11N3O3S. The molecule has 0 aromatic carbocycles. The average molecular weight is 229 g/mol. The standard InChI is InChI=1S/C8H11N3O3S/c1-4(12)15-7-6(10-3-11-7)2-5(9)8(13)14/h3,5H,2,9H2,1H3,(H,10,11)(H,13,14). The smallest absolute Gasteiger partial charge is 0.320 e. The van der Waals surface area contributed by atoms with Crippen LogP contribution in [0, 0.1) is 0 Å². The van der Waals surface area contributed by atoms with E-state index in [1.807, 2.05) is 0 Å². The zero-order valence-corrected chi connectivity index (χ0v) is 8.87. The summed E-state index contributed by atoms with van der Waals surface area (Å²) in [4.78, 5) is 28.1. The second-order valence-electron chi connectivity index (χ2n) is 2.92. The molecule has 7 heteroatoms. The molecule has 15 heavy (non-hydrogen) atoms. The average Bonchev–Trinajstić information content (AvgIpc) is 2.51. The van der Waals surface area contributed by atoms with E-state index in [4.69, 9.17) is 10.8 Å². The van der Waals surface area contributed by atoms with E-state index >= 15 is 0 Å². The minimum absolute atomic E-state index is 0.0932. The van der Waals surface area contributed by atoms with E-state index in [0.717, 1.165) is 11.8 Å². The van der Waals surface area contributed by atoms with Gasteiger partial charge in [-0.1, -0.05) is 0 Å². The summed E-state index contributed by atoms with van der Waals surface area (Å²) < 4.78 is 0. The summed E-state index contributed by atoms with van der Waals surface area (Å²) in [6, 6.07) is -1.00. The van der Waals surface area contributed by atoms with Crippen molar-refractivity contribution in [2.45, 2.75) is 24.4 Å². The third kappa shape index (κ3) is 3.37. The van der Waals surface area contributed by atoms with E-state index < -0.39 is 12.0 Å². The van der Waals surface area contributed by atoms with Gasteiger partial charge in [0.1, 0.15) is 11.1 Å². The van der Waals surface area contributed by atoms with Crippen LogP contribution in [0.5, 0.6) is 0 Å². The number of imidazole rings is 1. The van der Waals surface area contributed by atoms with Gasteiger partial charge in [-0.3, -0.25) is 9.59 Å². The maximum Gasteiger partial charge on any atom is 0.320 e. The maximum atomic E-state index is 10.9. The summed E-state index contributed by atoms with van der Waals surface area (Å²) >= 11 is 0.980. The van der Waals surface area contributed by atoms with Crippen molar-refractivity contribution in [1.29, 1.82) is 0 Å². The quantitative estimate of drug-likeness (QED) is 0.627. The third-order valence-corrected chi connectivity index (χ3v) is 2.50. The number of carboxylic acid groups (broad SMARTS) is 1. The van der Waals surface area contributed by atoms with Gasteiger partial charge in [-0.15, -0.1) is 0 Å². The first-order valence-corrected chi connectivity index (χ1v) is 5.01. The first kappa shape index (κ1) is 11.7.